The molecule has 2 aromatic rings. The van der Waals surface area contributed by atoms with E-state index >= 15 is 0 Å². The topological polar surface area (TPSA) is 89.5 Å². The summed E-state index contributed by atoms with van der Waals surface area (Å²) in [5, 5.41) is 0.384. The van der Waals surface area contributed by atoms with Crippen molar-refractivity contribution in [3.8, 4) is 11.1 Å². The Morgan fingerprint density at radius 2 is 1.85 bits per heavy atom. The van der Waals surface area contributed by atoms with Gasteiger partial charge in [0.05, 0.1) is 5.75 Å². The number of anilines is 1. The highest BCUT2D eigenvalue weighted by molar-refractivity contribution is 7.92. The zero-order chi connectivity index (χ0) is 23.8. The molecule has 1 spiro atoms. The number of esters is 1. The molecule has 1 atom stereocenters. The van der Waals surface area contributed by atoms with Crippen molar-refractivity contribution < 1.29 is 22.7 Å². The molecule has 1 saturated carbocycles. The van der Waals surface area contributed by atoms with Crippen LogP contribution in [-0.2, 0) is 24.3 Å². The first-order valence-corrected chi connectivity index (χ1v) is 13.4. The van der Waals surface area contributed by atoms with Crippen molar-refractivity contribution in [2.75, 3.05) is 10.5 Å². The van der Waals surface area contributed by atoms with Crippen LogP contribution in [0, 0.1) is 6.92 Å². The summed E-state index contributed by atoms with van der Waals surface area (Å²) in [7, 11) is -3.42. The Bertz CT molecular complexity index is 1200. The second kappa shape index (κ2) is 9.11. The van der Waals surface area contributed by atoms with E-state index in [0.29, 0.717) is 41.1 Å². The highest BCUT2D eigenvalue weighted by atomic mass is 35.5. The molecule has 2 aliphatic rings. The molecule has 176 valence electrons. The Balaban J connectivity index is 1.66. The van der Waals surface area contributed by atoms with E-state index in [9.17, 15) is 18.0 Å². The quantitative estimate of drug-likeness (QED) is 0.434. The van der Waals surface area contributed by atoms with E-state index in [4.69, 9.17) is 16.3 Å². The van der Waals surface area contributed by atoms with Crippen molar-refractivity contribution >= 4 is 39.1 Å². The number of halogens is 1. The second-order valence-electron chi connectivity index (χ2n) is 8.96. The van der Waals surface area contributed by atoms with Crippen LogP contribution in [-0.4, -0.2) is 31.5 Å². The normalized spacial score (nSPS) is 20.2. The maximum atomic E-state index is 13.3. The molecule has 0 radical (unpaired) electrons. The highest BCUT2D eigenvalue weighted by Crippen LogP contribution is 2.45. The van der Waals surface area contributed by atoms with Crippen LogP contribution in [0.4, 0.5) is 5.69 Å². The SMILES string of the molecule is CCCS(=O)(=O)Nc1cccc(-c2cc(C)c(C3C(=O)OC4(CCCCC4)C3=O)cc2Cl)c1. The first-order valence-electron chi connectivity index (χ1n) is 11.3. The monoisotopic (exact) mass is 489 g/mol. The molecule has 1 unspecified atom stereocenters. The van der Waals surface area contributed by atoms with Gasteiger partial charge in [-0.2, -0.15) is 0 Å². The van der Waals surface area contributed by atoms with Crippen molar-refractivity contribution in [2.45, 2.75) is 63.9 Å². The third kappa shape index (κ3) is 4.66. The predicted octanol–water partition coefficient (Wildman–Crippen LogP) is 5.38. The number of ketones is 1. The van der Waals surface area contributed by atoms with Crippen LogP contribution in [0.1, 0.15) is 62.5 Å². The average Bonchev–Trinajstić information content (AvgIpc) is 2.98. The lowest BCUT2D eigenvalue weighted by atomic mass is 9.77. The van der Waals surface area contributed by atoms with E-state index in [1.165, 1.54) is 0 Å². The van der Waals surface area contributed by atoms with Crippen molar-refractivity contribution in [2.24, 2.45) is 0 Å². The zero-order valence-electron chi connectivity index (χ0n) is 18.8. The van der Waals surface area contributed by atoms with E-state index < -0.39 is 27.5 Å². The van der Waals surface area contributed by atoms with Crippen LogP contribution >= 0.6 is 11.6 Å². The molecule has 2 fully saturated rings. The smallest absolute Gasteiger partial charge is 0.322 e. The molecule has 1 aliphatic carbocycles. The molecular formula is C25H28ClNO5S. The number of hydrogen-bond donors (Lipinski definition) is 1. The Labute approximate surface area is 199 Å². The minimum absolute atomic E-state index is 0.0405. The number of aryl methyl sites for hydroxylation is 1. The van der Waals surface area contributed by atoms with Crippen LogP contribution in [0.25, 0.3) is 11.1 Å². The average molecular weight is 490 g/mol. The predicted molar refractivity (Wildman–Crippen MR) is 129 cm³/mol. The summed E-state index contributed by atoms with van der Waals surface area (Å²) in [5.74, 6) is -1.58. The van der Waals surface area contributed by atoms with Gasteiger partial charge in [-0.3, -0.25) is 14.3 Å². The fourth-order valence-electron chi connectivity index (χ4n) is 4.89. The van der Waals surface area contributed by atoms with E-state index in [-0.39, 0.29) is 11.5 Å². The summed E-state index contributed by atoms with van der Waals surface area (Å²) < 4.78 is 32.5. The summed E-state index contributed by atoms with van der Waals surface area (Å²) in [6, 6.07) is 10.5. The highest BCUT2D eigenvalue weighted by Gasteiger charge is 2.55. The first-order chi connectivity index (χ1) is 15.7. The number of rotatable bonds is 6. The summed E-state index contributed by atoms with van der Waals surface area (Å²) in [6.45, 7) is 3.65. The van der Waals surface area contributed by atoms with Crippen LogP contribution in [0.3, 0.4) is 0 Å². The van der Waals surface area contributed by atoms with Gasteiger partial charge in [-0.05, 0) is 80.0 Å². The van der Waals surface area contributed by atoms with Crippen molar-refractivity contribution in [1.82, 2.24) is 0 Å². The largest absolute Gasteiger partial charge is 0.450 e. The van der Waals surface area contributed by atoms with Crippen molar-refractivity contribution in [1.29, 1.82) is 0 Å². The Morgan fingerprint density at radius 3 is 2.55 bits per heavy atom. The number of benzene rings is 2. The van der Waals surface area contributed by atoms with E-state index in [2.05, 4.69) is 4.72 Å². The number of carbonyl (C=O) groups excluding carboxylic acids is 2. The molecule has 0 bridgehead atoms. The van der Waals surface area contributed by atoms with Gasteiger partial charge in [-0.15, -0.1) is 0 Å². The number of sulfonamides is 1. The number of nitrogens with one attached hydrogen (secondary N) is 1. The maximum Gasteiger partial charge on any atom is 0.322 e. The van der Waals surface area contributed by atoms with Crippen LogP contribution in [0.5, 0.6) is 0 Å². The lowest BCUT2D eigenvalue weighted by Gasteiger charge is -2.29. The van der Waals surface area contributed by atoms with Crippen LogP contribution < -0.4 is 4.72 Å². The molecule has 1 heterocycles. The number of Topliss-reactive ketones (excluding diaryl/α,β-unsaturated/α-hetero) is 1. The van der Waals surface area contributed by atoms with Crippen molar-refractivity contribution in [3.63, 3.8) is 0 Å². The van der Waals surface area contributed by atoms with Crippen LogP contribution in [0.2, 0.25) is 5.02 Å². The molecule has 2 aromatic carbocycles. The zero-order valence-corrected chi connectivity index (χ0v) is 20.4. The fourth-order valence-corrected chi connectivity index (χ4v) is 6.30. The number of ether oxygens (including phenoxy) is 1. The molecule has 33 heavy (non-hydrogen) atoms. The Hall–Kier alpha value is -2.38. The Kier molecular flexibility index (Phi) is 6.56. The molecular weight excluding hydrogens is 462 g/mol. The van der Waals surface area contributed by atoms with Gasteiger partial charge in [-0.1, -0.05) is 37.1 Å². The summed E-state index contributed by atoms with van der Waals surface area (Å²) in [4.78, 5) is 26.0. The maximum absolute atomic E-state index is 13.3. The van der Waals surface area contributed by atoms with Gasteiger partial charge in [0, 0.05) is 16.3 Å². The van der Waals surface area contributed by atoms with Gasteiger partial charge in [-0.25, -0.2) is 8.42 Å². The summed E-state index contributed by atoms with van der Waals surface area (Å²) in [5.41, 5.74) is 2.22. The third-order valence-electron chi connectivity index (χ3n) is 6.49. The second-order valence-corrected chi connectivity index (χ2v) is 11.2. The van der Waals surface area contributed by atoms with E-state index in [0.717, 1.165) is 30.4 Å². The van der Waals surface area contributed by atoms with Gasteiger partial charge in [0.15, 0.2) is 11.4 Å². The van der Waals surface area contributed by atoms with E-state index in [1.54, 1.807) is 31.2 Å². The molecule has 4 rings (SSSR count). The lowest BCUT2D eigenvalue weighted by Crippen LogP contribution is -2.39. The van der Waals surface area contributed by atoms with Gasteiger partial charge < -0.3 is 4.74 Å². The molecule has 1 aliphatic heterocycles. The van der Waals surface area contributed by atoms with Gasteiger partial charge in [0.25, 0.3) is 0 Å². The van der Waals surface area contributed by atoms with Gasteiger partial charge >= 0.3 is 5.97 Å². The van der Waals surface area contributed by atoms with Crippen molar-refractivity contribution in [3.05, 3.63) is 52.5 Å². The minimum Gasteiger partial charge on any atom is -0.450 e. The number of carbonyl (C=O) groups is 2. The Morgan fingerprint density at radius 1 is 1.12 bits per heavy atom. The summed E-state index contributed by atoms with van der Waals surface area (Å²) in [6.07, 6.45) is 4.49. The first kappa shape index (κ1) is 23.8. The molecule has 0 aromatic heterocycles. The lowest BCUT2D eigenvalue weighted by molar-refractivity contribution is -0.154. The molecule has 1 saturated heterocycles. The van der Waals surface area contributed by atoms with E-state index in [1.807, 2.05) is 19.1 Å². The summed E-state index contributed by atoms with van der Waals surface area (Å²) >= 11 is 6.62. The minimum atomic E-state index is -3.42. The van der Waals surface area contributed by atoms with Crippen LogP contribution in [0.15, 0.2) is 36.4 Å². The van der Waals surface area contributed by atoms with Gasteiger partial charge in [0.2, 0.25) is 10.0 Å². The van der Waals surface area contributed by atoms with Gasteiger partial charge in [0.1, 0.15) is 5.92 Å². The molecule has 1 N–H and O–H groups in total. The third-order valence-corrected chi connectivity index (χ3v) is 8.30. The fraction of sp³-hybridized carbons (Fsp3) is 0.440. The molecule has 8 heteroatoms. The standard InChI is InChI=1S/C25H28ClNO5S/c1-3-12-33(30,31)27-18-9-7-8-17(14-18)20-13-16(2)19(15-21(20)26)22-23(28)25(32-24(22)29)10-5-4-6-11-25/h7-9,13-15,22,27H,3-6,10-12H2,1-2H3. The number of hydrogen-bond acceptors (Lipinski definition) is 5. The molecule has 0 amide bonds. The molecule has 6 nitrogen and oxygen atoms in total.